The fraction of sp³-hybridized carbons (Fsp3) is 0. The number of halogens is 2. The number of nitrogen functional groups attached to an aromatic ring is 1. The van der Waals surface area contributed by atoms with Gasteiger partial charge in [0.05, 0.1) is 0 Å². The predicted molar refractivity (Wildman–Crippen MR) is 56.1 cm³/mol. The van der Waals surface area contributed by atoms with Crippen LogP contribution in [-0.4, -0.2) is 9.97 Å². The Morgan fingerprint density at radius 2 is 1.81 bits per heavy atom. The Labute approximate surface area is 90.1 Å². The molecule has 0 aliphatic rings. The van der Waals surface area contributed by atoms with Gasteiger partial charge < -0.3 is 11.1 Å². The van der Waals surface area contributed by atoms with Crippen LogP contribution in [0.2, 0.25) is 0 Å². The van der Waals surface area contributed by atoms with Crippen molar-refractivity contribution >= 4 is 17.5 Å². The quantitative estimate of drug-likeness (QED) is 0.816. The maximum atomic E-state index is 12.9. The predicted octanol–water partition coefficient (Wildman–Crippen LogP) is 2.08. The first-order chi connectivity index (χ1) is 7.63. The van der Waals surface area contributed by atoms with Crippen molar-refractivity contribution in [3.05, 3.63) is 42.1 Å². The molecule has 4 nitrogen and oxygen atoms in total. The molecule has 0 saturated carbocycles. The van der Waals surface area contributed by atoms with Gasteiger partial charge >= 0.3 is 0 Å². The van der Waals surface area contributed by atoms with Gasteiger partial charge in [0.15, 0.2) is 0 Å². The molecule has 0 radical (unpaired) electrons. The number of nitrogens with one attached hydrogen (secondary N) is 1. The number of rotatable bonds is 2. The van der Waals surface area contributed by atoms with Crippen LogP contribution >= 0.6 is 0 Å². The molecular formula is C10H8F2N4. The lowest BCUT2D eigenvalue weighted by Gasteiger charge is -2.05. The van der Waals surface area contributed by atoms with Gasteiger partial charge in [0.25, 0.3) is 0 Å². The van der Waals surface area contributed by atoms with Gasteiger partial charge in [-0.05, 0) is 18.2 Å². The first-order valence-electron chi connectivity index (χ1n) is 4.45. The Balaban J connectivity index is 2.27. The van der Waals surface area contributed by atoms with E-state index in [1.807, 2.05) is 0 Å². The van der Waals surface area contributed by atoms with Crippen molar-refractivity contribution < 1.29 is 8.78 Å². The number of hydrogen-bond acceptors (Lipinski definition) is 4. The summed E-state index contributed by atoms with van der Waals surface area (Å²) in [6, 6.07) is 4.56. The van der Waals surface area contributed by atoms with E-state index in [1.54, 1.807) is 0 Å². The third-order valence-corrected chi connectivity index (χ3v) is 1.80. The van der Waals surface area contributed by atoms with E-state index in [0.717, 1.165) is 18.2 Å². The highest BCUT2D eigenvalue weighted by molar-refractivity contribution is 5.54. The highest BCUT2D eigenvalue weighted by Gasteiger charge is 2.02. The number of hydrogen-bond donors (Lipinski definition) is 2. The molecule has 0 aliphatic heterocycles. The number of benzene rings is 1. The third kappa shape index (κ3) is 2.41. The molecule has 2 aromatic rings. The second-order valence-electron chi connectivity index (χ2n) is 3.09. The first-order valence-corrected chi connectivity index (χ1v) is 4.45. The third-order valence-electron chi connectivity index (χ3n) is 1.80. The summed E-state index contributed by atoms with van der Waals surface area (Å²) in [5, 5.41) is 2.64. The van der Waals surface area contributed by atoms with Gasteiger partial charge in [-0.1, -0.05) is 0 Å². The molecule has 0 saturated heterocycles. The van der Waals surface area contributed by atoms with Crippen LogP contribution < -0.4 is 11.1 Å². The van der Waals surface area contributed by atoms with E-state index in [2.05, 4.69) is 15.3 Å². The van der Waals surface area contributed by atoms with Crippen molar-refractivity contribution in [2.75, 3.05) is 11.1 Å². The van der Waals surface area contributed by atoms with Crippen molar-refractivity contribution in [3.8, 4) is 0 Å². The Hall–Kier alpha value is -2.24. The van der Waals surface area contributed by atoms with E-state index in [9.17, 15) is 8.78 Å². The molecule has 1 heterocycles. The van der Waals surface area contributed by atoms with Gasteiger partial charge in [-0.25, -0.2) is 13.8 Å². The average Bonchev–Trinajstić information content (AvgIpc) is 2.15. The molecule has 6 heteroatoms. The molecule has 0 bridgehead atoms. The fourth-order valence-corrected chi connectivity index (χ4v) is 1.19. The molecule has 0 fully saturated rings. The number of aromatic nitrogens is 2. The molecule has 0 unspecified atom stereocenters. The number of nitrogens with two attached hydrogens (primary N) is 1. The largest absolute Gasteiger partial charge is 0.384 e. The van der Waals surface area contributed by atoms with Crippen LogP contribution in [0.1, 0.15) is 0 Å². The van der Waals surface area contributed by atoms with E-state index >= 15 is 0 Å². The molecule has 2 rings (SSSR count). The number of anilines is 3. The van der Waals surface area contributed by atoms with Crippen LogP contribution in [0.5, 0.6) is 0 Å². The Morgan fingerprint density at radius 3 is 2.44 bits per heavy atom. The van der Waals surface area contributed by atoms with Crippen LogP contribution in [0.15, 0.2) is 30.5 Å². The normalized spacial score (nSPS) is 10.1. The molecule has 82 valence electrons. The highest BCUT2D eigenvalue weighted by Crippen LogP contribution is 2.16. The van der Waals surface area contributed by atoms with E-state index in [4.69, 9.17) is 5.73 Å². The second-order valence-corrected chi connectivity index (χ2v) is 3.09. The summed E-state index contributed by atoms with van der Waals surface area (Å²) in [4.78, 5) is 7.69. The SMILES string of the molecule is Nc1ccnc(Nc2cc(F)cc(F)c2)n1. The van der Waals surface area contributed by atoms with Crippen molar-refractivity contribution in [2.24, 2.45) is 0 Å². The molecule has 1 aromatic carbocycles. The molecule has 0 atom stereocenters. The minimum absolute atomic E-state index is 0.185. The van der Waals surface area contributed by atoms with Gasteiger partial charge in [0.1, 0.15) is 17.5 Å². The van der Waals surface area contributed by atoms with Gasteiger partial charge in [0.2, 0.25) is 5.95 Å². The average molecular weight is 222 g/mol. The van der Waals surface area contributed by atoms with Gasteiger partial charge in [0, 0.05) is 18.0 Å². The summed E-state index contributed by atoms with van der Waals surface area (Å²) >= 11 is 0. The van der Waals surface area contributed by atoms with Crippen LogP contribution in [0.3, 0.4) is 0 Å². The summed E-state index contributed by atoms with van der Waals surface area (Å²) in [5.41, 5.74) is 5.66. The molecule has 16 heavy (non-hydrogen) atoms. The molecule has 0 aliphatic carbocycles. The summed E-state index contributed by atoms with van der Waals surface area (Å²) in [6.07, 6.45) is 1.44. The lowest BCUT2D eigenvalue weighted by Crippen LogP contribution is -2.00. The topological polar surface area (TPSA) is 63.8 Å². The van der Waals surface area contributed by atoms with Crippen LogP contribution in [0.4, 0.5) is 26.2 Å². The minimum Gasteiger partial charge on any atom is -0.384 e. The molecule has 1 aromatic heterocycles. The highest BCUT2D eigenvalue weighted by atomic mass is 19.1. The zero-order valence-corrected chi connectivity index (χ0v) is 8.11. The van der Waals surface area contributed by atoms with E-state index in [0.29, 0.717) is 0 Å². The molecule has 3 N–H and O–H groups in total. The Morgan fingerprint density at radius 1 is 1.12 bits per heavy atom. The van der Waals surface area contributed by atoms with Crippen molar-refractivity contribution in [2.45, 2.75) is 0 Å². The van der Waals surface area contributed by atoms with E-state index in [-0.39, 0.29) is 17.5 Å². The second kappa shape index (κ2) is 4.09. The summed E-state index contributed by atoms with van der Waals surface area (Å²) in [6.45, 7) is 0. The van der Waals surface area contributed by atoms with Crippen LogP contribution in [0.25, 0.3) is 0 Å². The fourth-order valence-electron chi connectivity index (χ4n) is 1.19. The van der Waals surface area contributed by atoms with Gasteiger partial charge in [-0.2, -0.15) is 4.98 Å². The van der Waals surface area contributed by atoms with Crippen LogP contribution in [-0.2, 0) is 0 Å². The maximum Gasteiger partial charge on any atom is 0.229 e. The van der Waals surface area contributed by atoms with E-state index in [1.165, 1.54) is 12.3 Å². The Bertz CT molecular complexity index is 496. The standard InChI is InChI=1S/C10H8F2N4/c11-6-3-7(12)5-8(4-6)15-10-14-2-1-9(13)16-10/h1-5H,(H3,13,14,15,16). The lowest BCUT2D eigenvalue weighted by atomic mass is 10.3. The smallest absolute Gasteiger partial charge is 0.229 e. The summed E-state index contributed by atoms with van der Waals surface area (Å²) < 4.78 is 25.7. The zero-order chi connectivity index (χ0) is 11.5. The number of nitrogens with zero attached hydrogens (tertiary/aromatic N) is 2. The van der Waals surface area contributed by atoms with Crippen LogP contribution in [0, 0.1) is 11.6 Å². The lowest BCUT2D eigenvalue weighted by molar-refractivity contribution is 0.584. The first kappa shape index (κ1) is 10.3. The van der Waals surface area contributed by atoms with Gasteiger partial charge in [-0.3, -0.25) is 0 Å². The van der Waals surface area contributed by atoms with Crippen molar-refractivity contribution in [3.63, 3.8) is 0 Å². The monoisotopic (exact) mass is 222 g/mol. The summed E-state index contributed by atoms with van der Waals surface area (Å²) in [5.74, 6) is -0.891. The minimum atomic E-state index is -0.675. The molecule has 0 spiro atoms. The van der Waals surface area contributed by atoms with Crippen molar-refractivity contribution in [1.82, 2.24) is 9.97 Å². The maximum absolute atomic E-state index is 12.9. The molecular weight excluding hydrogens is 214 g/mol. The Kier molecular flexibility index (Phi) is 2.63. The van der Waals surface area contributed by atoms with E-state index < -0.39 is 11.6 Å². The molecule has 0 amide bonds. The summed E-state index contributed by atoms with van der Waals surface area (Å²) in [7, 11) is 0. The van der Waals surface area contributed by atoms with Crippen molar-refractivity contribution in [1.29, 1.82) is 0 Å². The zero-order valence-electron chi connectivity index (χ0n) is 8.11. The van der Waals surface area contributed by atoms with Gasteiger partial charge in [-0.15, -0.1) is 0 Å².